The van der Waals surface area contributed by atoms with Gasteiger partial charge in [-0.1, -0.05) is 45.2 Å². The number of carbonyl (C=O) groups is 2. The first-order valence-electron chi connectivity index (χ1n) is 15.4. The van der Waals surface area contributed by atoms with Gasteiger partial charge in [-0.25, -0.2) is 0 Å². The van der Waals surface area contributed by atoms with Crippen molar-refractivity contribution in [3.63, 3.8) is 0 Å². The number of ether oxygens (including phenoxy) is 1. The van der Waals surface area contributed by atoms with E-state index in [0.29, 0.717) is 48.4 Å². The van der Waals surface area contributed by atoms with E-state index in [1.807, 2.05) is 0 Å². The second-order valence-corrected chi connectivity index (χ2v) is 13.6. The molecule has 0 bridgehead atoms. The van der Waals surface area contributed by atoms with Crippen LogP contribution in [0.2, 0.25) is 0 Å². The van der Waals surface area contributed by atoms with Gasteiger partial charge < -0.3 is 15.6 Å². The lowest BCUT2D eigenvalue weighted by atomic mass is 9.42. The first-order valence-corrected chi connectivity index (χ1v) is 15.4. The Bertz CT molecular complexity index is 991. The molecule has 1 amide bonds. The molecule has 210 valence electrons. The van der Waals surface area contributed by atoms with Crippen molar-refractivity contribution in [1.29, 1.82) is 0 Å². The predicted molar refractivity (Wildman–Crippen MR) is 150 cm³/mol. The molecule has 3 unspecified atom stereocenters. The van der Waals surface area contributed by atoms with Crippen molar-refractivity contribution in [2.45, 2.75) is 116 Å². The molecule has 0 heterocycles. The Morgan fingerprint density at radius 2 is 1.74 bits per heavy atom. The van der Waals surface area contributed by atoms with Crippen LogP contribution >= 0.6 is 0 Å². The number of Topliss-reactive ketones (excluding diaryl/α,β-unsaturated/α-hetero) is 1. The van der Waals surface area contributed by atoms with E-state index in [0.717, 1.165) is 76.4 Å². The van der Waals surface area contributed by atoms with Gasteiger partial charge in [0.2, 0.25) is 5.91 Å². The standard InChI is InChI=1S/C33H49NO4/c1-32-18-17-24(35)20-23(32)11-14-26-28-15-16-29(36)33(28,2)21-27(31(26)32)22-9-12-25(13-10-22)38-19-7-5-3-4-6-8-30(34)37/h9-10,12-13,23,26-29,31,36H,3-8,11,14-21H2,1-2H3,(H2,34,37)/t23?,26-,27?,28-,29?,31-,32-,33-/m0/s1. The molecule has 5 nitrogen and oxygen atoms in total. The van der Waals surface area contributed by atoms with Gasteiger partial charge >= 0.3 is 0 Å². The SMILES string of the molecule is C[C@]12CCC(=O)CC1CC[C@@H]1[C@H]2C(c2ccc(OCCCCCCCC(N)=O)cc2)C[C@]2(C)C(O)CC[C@@H]12. The second kappa shape index (κ2) is 11.3. The number of hydrogen-bond acceptors (Lipinski definition) is 4. The molecule has 0 spiro atoms. The molecule has 1 aromatic rings. The highest BCUT2D eigenvalue weighted by atomic mass is 16.5. The summed E-state index contributed by atoms with van der Waals surface area (Å²) in [5.41, 5.74) is 6.79. The molecule has 8 atom stereocenters. The summed E-state index contributed by atoms with van der Waals surface area (Å²) in [7, 11) is 0. The average molecular weight is 524 g/mol. The summed E-state index contributed by atoms with van der Waals surface area (Å²) >= 11 is 0. The van der Waals surface area contributed by atoms with Crippen LogP contribution < -0.4 is 10.5 Å². The van der Waals surface area contributed by atoms with Gasteiger partial charge in [-0.3, -0.25) is 9.59 Å². The molecule has 0 radical (unpaired) electrons. The van der Waals surface area contributed by atoms with Gasteiger partial charge in [0.25, 0.3) is 0 Å². The molecule has 0 saturated heterocycles. The molecule has 4 fully saturated rings. The zero-order valence-electron chi connectivity index (χ0n) is 23.6. The predicted octanol–water partition coefficient (Wildman–Crippen LogP) is 6.56. The fraction of sp³-hybridized carbons (Fsp3) is 0.758. The molecule has 5 heteroatoms. The molecule has 1 aromatic carbocycles. The van der Waals surface area contributed by atoms with E-state index in [4.69, 9.17) is 10.5 Å². The highest BCUT2D eigenvalue weighted by Gasteiger charge is 2.63. The molecule has 5 rings (SSSR count). The maximum Gasteiger partial charge on any atom is 0.217 e. The van der Waals surface area contributed by atoms with E-state index in [2.05, 4.69) is 38.1 Å². The number of carbonyl (C=O) groups excluding carboxylic acids is 2. The van der Waals surface area contributed by atoms with Crippen LogP contribution in [0, 0.1) is 34.5 Å². The highest BCUT2D eigenvalue weighted by Crippen LogP contribution is 2.69. The second-order valence-electron chi connectivity index (χ2n) is 13.6. The van der Waals surface area contributed by atoms with Crippen molar-refractivity contribution >= 4 is 11.7 Å². The van der Waals surface area contributed by atoms with E-state index in [9.17, 15) is 14.7 Å². The zero-order chi connectivity index (χ0) is 26.9. The van der Waals surface area contributed by atoms with Crippen LogP contribution in [-0.2, 0) is 9.59 Å². The van der Waals surface area contributed by atoms with Crippen molar-refractivity contribution in [2.75, 3.05) is 6.61 Å². The average Bonchev–Trinajstić information content (AvgIpc) is 3.19. The van der Waals surface area contributed by atoms with Gasteiger partial charge in [-0.05, 0) is 109 Å². The van der Waals surface area contributed by atoms with Gasteiger partial charge in [0.15, 0.2) is 0 Å². The third kappa shape index (κ3) is 5.29. The maximum atomic E-state index is 12.4. The minimum atomic E-state index is -0.208. The van der Waals surface area contributed by atoms with Crippen molar-refractivity contribution < 1.29 is 19.4 Å². The topological polar surface area (TPSA) is 89.6 Å². The molecular weight excluding hydrogens is 474 g/mol. The van der Waals surface area contributed by atoms with E-state index in [-0.39, 0.29) is 22.8 Å². The number of benzene rings is 1. The highest BCUT2D eigenvalue weighted by molar-refractivity contribution is 5.79. The fourth-order valence-corrected chi connectivity index (χ4v) is 9.46. The number of rotatable bonds is 10. The van der Waals surface area contributed by atoms with Crippen LogP contribution in [0.25, 0.3) is 0 Å². The smallest absolute Gasteiger partial charge is 0.217 e. The number of hydrogen-bond donors (Lipinski definition) is 2. The lowest BCUT2D eigenvalue weighted by molar-refractivity contribution is -0.147. The van der Waals surface area contributed by atoms with Crippen LogP contribution in [0.5, 0.6) is 5.75 Å². The third-order valence-electron chi connectivity index (χ3n) is 11.5. The lowest BCUT2D eigenvalue weighted by Gasteiger charge is -2.62. The summed E-state index contributed by atoms with van der Waals surface area (Å²) < 4.78 is 6.07. The monoisotopic (exact) mass is 523 g/mol. The quantitative estimate of drug-likeness (QED) is 0.340. The van der Waals surface area contributed by atoms with Crippen LogP contribution in [0.4, 0.5) is 0 Å². The number of primary amides is 1. The summed E-state index contributed by atoms with van der Waals surface area (Å²) in [6, 6.07) is 8.85. The van der Waals surface area contributed by atoms with Gasteiger partial charge in [-0.2, -0.15) is 0 Å². The molecule has 4 aliphatic carbocycles. The van der Waals surface area contributed by atoms with Gasteiger partial charge in [-0.15, -0.1) is 0 Å². The van der Waals surface area contributed by atoms with Crippen LogP contribution in [0.15, 0.2) is 24.3 Å². The molecular formula is C33H49NO4. The van der Waals surface area contributed by atoms with E-state index in [1.165, 1.54) is 18.4 Å². The summed E-state index contributed by atoms with van der Waals surface area (Å²) in [5.74, 6) is 3.95. The molecule has 3 N–H and O–H groups in total. The number of amides is 1. The zero-order valence-corrected chi connectivity index (χ0v) is 23.6. The van der Waals surface area contributed by atoms with Gasteiger partial charge in [0, 0.05) is 19.3 Å². The fourth-order valence-electron chi connectivity index (χ4n) is 9.46. The minimum absolute atomic E-state index is 0.00781. The van der Waals surface area contributed by atoms with Crippen molar-refractivity contribution in [2.24, 2.45) is 40.2 Å². The number of unbranched alkanes of at least 4 members (excludes halogenated alkanes) is 4. The lowest BCUT2D eigenvalue weighted by Crippen LogP contribution is -2.56. The van der Waals surface area contributed by atoms with Crippen LogP contribution in [0.1, 0.15) is 115 Å². The van der Waals surface area contributed by atoms with E-state index >= 15 is 0 Å². The van der Waals surface area contributed by atoms with E-state index < -0.39 is 0 Å². The summed E-state index contributed by atoms with van der Waals surface area (Å²) in [4.78, 5) is 23.3. The summed E-state index contributed by atoms with van der Waals surface area (Å²) in [6.07, 6.45) is 13.5. The molecule has 4 aliphatic rings. The van der Waals surface area contributed by atoms with Crippen molar-refractivity contribution in [3.05, 3.63) is 29.8 Å². The number of aliphatic hydroxyl groups excluding tert-OH is 1. The van der Waals surface area contributed by atoms with Gasteiger partial charge in [0.05, 0.1) is 12.7 Å². The van der Waals surface area contributed by atoms with Crippen LogP contribution in [0.3, 0.4) is 0 Å². The third-order valence-corrected chi connectivity index (χ3v) is 11.5. The Labute approximate surface area is 229 Å². The Kier molecular flexibility index (Phi) is 8.24. The number of ketones is 1. The molecule has 0 aromatic heterocycles. The normalized spacial score (nSPS) is 38.2. The van der Waals surface area contributed by atoms with Gasteiger partial charge in [0.1, 0.15) is 11.5 Å². The number of fused-ring (bicyclic) bond motifs is 5. The largest absolute Gasteiger partial charge is 0.494 e. The van der Waals surface area contributed by atoms with E-state index in [1.54, 1.807) is 0 Å². The minimum Gasteiger partial charge on any atom is -0.494 e. The number of nitrogens with two attached hydrogens (primary N) is 1. The van der Waals surface area contributed by atoms with Crippen LogP contribution in [-0.4, -0.2) is 29.5 Å². The summed E-state index contributed by atoms with van der Waals surface area (Å²) in [5, 5.41) is 11.1. The summed E-state index contributed by atoms with van der Waals surface area (Å²) in [6.45, 7) is 5.58. The Hall–Kier alpha value is -1.88. The first-order chi connectivity index (χ1) is 18.2. The Balaban J connectivity index is 1.27. The Morgan fingerprint density at radius 3 is 2.50 bits per heavy atom. The molecule has 4 saturated carbocycles. The number of aliphatic hydroxyl groups is 1. The maximum absolute atomic E-state index is 12.4. The van der Waals surface area contributed by atoms with Crippen molar-refractivity contribution in [1.82, 2.24) is 0 Å². The molecule has 38 heavy (non-hydrogen) atoms. The molecule has 0 aliphatic heterocycles. The van der Waals surface area contributed by atoms with Crippen molar-refractivity contribution in [3.8, 4) is 5.75 Å². The first kappa shape index (κ1) is 27.7. The Morgan fingerprint density at radius 1 is 1.00 bits per heavy atom.